The number of ether oxygens (including phenoxy) is 1. The monoisotopic (exact) mass is 331 g/mol. The molecule has 132 valence electrons. The lowest BCUT2D eigenvalue weighted by molar-refractivity contribution is 0.0329. The van der Waals surface area contributed by atoms with Crippen LogP contribution in [0.15, 0.2) is 23.4 Å². The molecular weight excluding hydrogens is 302 g/mol. The molecule has 1 N–H and O–H groups in total. The largest absolute Gasteiger partial charge is 0.381 e. The van der Waals surface area contributed by atoms with Gasteiger partial charge in [-0.2, -0.15) is 0 Å². The Morgan fingerprint density at radius 3 is 2.46 bits per heavy atom. The summed E-state index contributed by atoms with van der Waals surface area (Å²) in [4.78, 5) is 13.6. The van der Waals surface area contributed by atoms with E-state index in [2.05, 4.69) is 15.4 Å². The molecule has 1 aromatic rings. The molecule has 5 nitrogen and oxygen atoms in total. The Morgan fingerprint density at radius 1 is 1.12 bits per heavy atom. The van der Waals surface area contributed by atoms with E-state index in [0.29, 0.717) is 17.8 Å². The van der Waals surface area contributed by atoms with Crippen LogP contribution >= 0.6 is 0 Å². The topological polar surface area (TPSA) is 53.9 Å². The summed E-state index contributed by atoms with van der Waals surface area (Å²) in [5.74, 6) is 0. The van der Waals surface area contributed by atoms with Gasteiger partial charge in [0.2, 0.25) is 0 Å². The molecule has 0 atom stereocenters. The average Bonchev–Trinajstić information content (AvgIpc) is 2.63. The summed E-state index contributed by atoms with van der Waals surface area (Å²) < 4.78 is 5.48. The highest BCUT2D eigenvalue weighted by Gasteiger charge is 2.29. The van der Waals surface area contributed by atoms with E-state index in [1.54, 1.807) is 6.07 Å². The third-order valence-corrected chi connectivity index (χ3v) is 5.63. The van der Waals surface area contributed by atoms with E-state index < -0.39 is 0 Å². The van der Waals surface area contributed by atoms with Gasteiger partial charge in [0.15, 0.2) is 0 Å². The lowest BCUT2D eigenvalue weighted by Crippen LogP contribution is -2.46. The van der Waals surface area contributed by atoms with E-state index in [9.17, 15) is 4.91 Å². The van der Waals surface area contributed by atoms with Crippen LogP contribution in [-0.4, -0.2) is 43.3 Å². The Bertz CT molecular complexity index is 548. The molecule has 2 fully saturated rings. The maximum absolute atomic E-state index is 11.0. The first kappa shape index (κ1) is 17.4. The molecule has 0 spiro atoms. The molecule has 2 aliphatic rings. The number of nitroso groups, excluding NO2 is 1. The number of piperidine rings is 1. The standard InChI is InChI=1S/C19H29N3O2/c1-14-3-8-18(21-23)19(13-14)20-15-9-11-22(12-10-15)16-4-6-17(24-2)7-5-16/h3,8,13,15-17,20H,4-7,9-12H2,1-2H3. The lowest BCUT2D eigenvalue weighted by Gasteiger charge is -2.41. The van der Waals surface area contributed by atoms with Crippen molar-refractivity contribution in [3.63, 3.8) is 0 Å². The molecule has 5 heteroatoms. The summed E-state index contributed by atoms with van der Waals surface area (Å²) in [6.07, 6.45) is 7.61. The summed E-state index contributed by atoms with van der Waals surface area (Å²) in [5, 5.41) is 6.69. The van der Waals surface area contributed by atoms with Crippen molar-refractivity contribution in [2.75, 3.05) is 25.5 Å². The number of aryl methyl sites for hydroxylation is 1. The Labute approximate surface area is 144 Å². The molecule has 1 heterocycles. The SMILES string of the molecule is COC1CCC(N2CCC(Nc3cc(C)ccc3N=O)CC2)CC1. The van der Waals surface area contributed by atoms with Crippen LogP contribution in [0.4, 0.5) is 11.4 Å². The highest BCUT2D eigenvalue weighted by Crippen LogP contribution is 2.30. The van der Waals surface area contributed by atoms with Gasteiger partial charge in [-0.25, -0.2) is 0 Å². The van der Waals surface area contributed by atoms with Gasteiger partial charge >= 0.3 is 0 Å². The van der Waals surface area contributed by atoms with Crippen LogP contribution in [0.1, 0.15) is 44.1 Å². The molecule has 0 radical (unpaired) electrons. The molecule has 1 aromatic carbocycles. The molecule has 0 unspecified atom stereocenters. The molecule has 1 aliphatic heterocycles. The highest BCUT2D eigenvalue weighted by atomic mass is 16.5. The number of anilines is 1. The van der Waals surface area contributed by atoms with Gasteiger partial charge in [0.1, 0.15) is 5.69 Å². The van der Waals surface area contributed by atoms with Gasteiger partial charge in [-0.15, -0.1) is 4.91 Å². The zero-order valence-electron chi connectivity index (χ0n) is 14.8. The van der Waals surface area contributed by atoms with Crippen LogP contribution in [0.2, 0.25) is 0 Å². The van der Waals surface area contributed by atoms with Crippen molar-refractivity contribution >= 4 is 11.4 Å². The van der Waals surface area contributed by atoms with Crippen molar-refractivity contribution in [1.82, 2.24) is 4.90 Å². The van der Waals surface area contributed by atoms with Crippen molar-refractivity contribution < 1.29 is 4.74 Å². The molecule has 3 rings (SSSR count). The summed E-state index contributed by atoms with van der Waals surface area (Å²) in [5.41, 5.74) is 2.54. The number of hydrogen-bond donors (Lipinski definition) is 1. The maximum atomic E-state index is 11.0. The molecule has 1 aliphatic carbocycles. The molecular formula is C19H29N3O2. The fourth-order valence-electron chi connectivity index (χ4n) is 4.12. The van der Waals surface area contributed by atoms with Gasteiger partial charge in [-0.1, -0.05) is 6.07 Å². The summed E-state index contributed by atoms with van der Waals surface area (Å²) in [6, 6.07) is 6.91. The molecule has 0 bridgehead atoms. The third kappa shape index (κ3) is 4.14. The Morgan fingerprint density at radius 2 is 1.83 bits per heavy atom. The fourth-order valence-corrected chi connectivity index (χ4v) is 4.12. The van der Waals surface area contributed by atoms with Crippen LogP contribution < -0.4 is 5.32 Å². The van der Waals surface area contributed by atoms with Crippen LogP contribution in [0.5, 0.6) is 0 Å². The first-order chi connectivity index (χ1) is 11.7. The summed E-state index contributed by atoms with van der Waals surface area (Å²) >= 11 is 0. The second-order valence-corrected chi connectivity index (χ2v) is 7.23. The van der Waals surface area contributed by atoms with Crippen LogP contribution in [0, 0.1) is 11.8 Å². The van der Waals surface area contributed by atoms with Gasteiger partial charge in [0.25, 0.3) is 0 Å². The average molecular weight is 331 g/mol. The fraction of sp³-hybridized carbons (Fsp3) is 0.684. The van der Waals surface area contributed by atoms with Crippen molar-refractivity contribution in [2.45, 2.75) is 63.6 Å². The number of methoxy groups -OCH3 is 1. The zero-order valence-corrected chi connectivity index (χ0v) is 14.8. The second-order valence-electron chi connectivity index (χ2n) is 7.23. The minimum atomic E-state index is 0.430. The first-order valence-electron chi connectivity index (χ1n) is 9.17. The Balaban J connectivity index is 1.51. The van der Waals surface area contributed by atoms with E-state index in [0.717, 1.165) is 43.2 Å². The number of rotatable bonds is 5. The number of hydrogen-bond acceptors (Lipinski definition) is 5. The van der Waals surface area contributed by atoms with Crippen LogP contribution in [-0.2, 0) is 4.74 Å². The van der Waals surface area contributed by atoms with Crippen molar-refractivity contribution in [1.29, 1.82) is 0 Å². The van der Waals surface area contributed by atoms with Crippen LogP contribution in [0.25, 0.3) is 0 Å². The maximum Gasteiger partial charge on any atom is 0.131 e. The molecule has 1 saturated heterocycles. The molecule has 24 heavy (non-hydrogen) atoms. The predicted octanol–water partition coefficient (Wildman–Crippen LogP) is 4.23. The number of nitrogens with one attached hydrogen (secondary N) is 1. The summed E-state index contributed by atoms with van der Waals surface area (Å²) in [6.45, 7) is 4.31. The van der Waals surface area contributed by atoms with E-state index in [1.165, 1.54) is 25.7 Å². The van der Waals surface area contributed by atoms with E-state index >= 15 is 0 Å². The first-order valence-corrected chi connectivity index (χ1v) is 9.17. The minimum absolute atomic E-state index is 0.430. The molecule has 1 saturated carbocycles. The van der Waals surface area contributed by atoms with Gasteiger partial charge in [-0.3, -0.25) is 0 Å². The van der Waals surface area contributed by atoms with Gasteiger partial charge in [0, 0.05) is 32.3 Å². The lowest BCUT2D eigenvalue weighted by atomic mass is 9.90. The smallest absolute Gasteiger partial charge is 0.131 e. The van der Waals surface area contributed by atoms with Gasteiger partial charge in [0.05, 0.1) is 11.8 Å². The van der Waals surface area contributed by atoms with Crippen molar-refractivity contribution in [3.8, 4) is 0 Å². The number of benzene rings is 1. The Hall–Kier alpha value is -1.46. The molecule has 0 aromatic heterocycles. The van der Waals surface area contributed by atoms with E-state index in [4.69, 9.17) is 4.74 Å². The third-order valence-electron chi connectivity index (χ3n) is 5.63. The van der Waals surface area contributed by atoms with Crippen molar-refractivity contribution in [2.24, 2.45) is 5.18 Å². The Kier molecular flexibility index (Phi) is 5.85. The van der Waals surface area contributed by atoms with E-state index in [-0.39, 0.29) is 0 Å². The quantitative estimate of drug-likeness (QED) is 0.821. The van der Waals surface area contributed by atoms with Crippen LogP contribution in [0.3, 0.4) is 0 Å². The highest BCUT2D eigenvalue weighted by molar-refractivity contribution is 5.66. The van der Waals surface area contributed by atoms with Crippen molar-refractivity contribution in [3.05, 3.63) is 28.7 Å². The molecule has 0 amide bonds. The summed E-state index contributed by atoms with van der Waals surface area (Å²) in [7, 11) is 1.83. The van der Waals surface area contributed by atoms with E-state index in [1.807, 2.05) is 26.2 Å². The number of nitrogens with zero attached hydrogens (tertiary/aromatic N) is 2. The zero-order chi connectivity index (χ0) is 16.9. The number of likely N-dealkylation sites (tertiary alicyclic amines) is 1. The van der Waals surface area contributed by atoms with Gasteiger partial charge < -0.3 is 15.0 Å². The predicted molar refractivity (Wildman–Crippen MR) is 97.9 cm³/mol. The second kappa shape index (κ2) is 8.08. The van der Waals surface area contributed by atoms with Gasteiger partial charge in [-0.05, 0) is 68.3 Å². The minimum Gasteiger partial charge on any atom is -0.381 e. The normalized spacial score (nSPS) is 26.2.